The number of benzene rings is 2. The molecule has 0 aromatic heterocycles. The first-order valence-corrected chi connectivity index (χ1v) is 10.5. The third-order valence-corrected chi connectivity index (χ3v) is 8.52. The third-order valence-electron chi connectivity index (χ3n) is 4.16. The minimum Gasteiger partial charge on any atom is -0.544 e. The Labute approximate surface area is 135 Å². The Morgan fingerprint density at radius 1 is 0.773 bits per heavy atom. The topological polar surface area (TPSA) is 9.23 Å². The van der Waals surface area contributed by atoms with Gasteiger partial charge in [-0.1, -0.05) is 50.8 Å². The predicted octanol–water partition coefficient (Wildman–Crippen LogP) is 5.47. The van der Waals surface area contributed by atoms with Crippen molar-refractivity contribution in [1.82, 2.24) is 0 Å². The molecule has 0 heterocycles. The molecule has 0 spiro atoms. The molecular weight excluding hydrogens is 284 g/mol. The Kier molecular flexibility index (Phi) is 4.78. The second-order valence-corrected chi connectivity index (χ2v) is 11.7. The first-order valence-electron chi connectivity index (χ1n) is 7.64. The zero-order valence-electron chi connectivity index (χ0n) is 14.1. The van der Waals surface area contributed by atoms with E-state index in [-0.39, 0.29) is 5.04 Å². The lowest BCUT2D eigenvalue weighted by Gasteiger charge is -2.36. The molecule has 0 atom stereocenters. The smallest absolute Gasteiger partial charge is 0.250 e. The van der Waals surface area contributed by atoms with Crippen molar-refractivity contribution >= 4 is 8.32 Å². The van der Waals surface area contributed by atoms with Gasteiger partial charge in [0.25, 0.3) is 0 Å². The summed E-state index contributed by atoms with van der Waals surface area (Å²) in [6, 6.07) is 18.1. The quantitative estimate of drug-likeness (QED) is 0.528. The molecule has 2 heteroatoms. The fraction of sp³-hybridized carbons (Fsp3) is 0.300. The highest BCUT2D eigenvalue weighted by molar-refractivity contribution is 6.74. The number of hydrogen-bond donors (Lipinski definition) is 0. The van der Waals surface area contributed by atoms with E-state index in [0.717, 1.165) is 16.9 Å². The molecule has 0 unspecified atom stereocenters. The van der Waals surface area contributed by atoms with Crippen LogP contribution in [0.25, 0.3) is 0 Å². The van der Waals surface area contributed by atoms with Gasteiger partial charge in [-0.3, -0.25) is 0 Å². The van der Waals surface area contributed by atoms with E-state index in [2.05, 4.69) is 45.7 Å². The van der Waals surface area contributed by atoms with Crippen LogP contribution in [0.3, 0.4) is 0 Å². The van der Waals surface area contributed by atoms with Crippen molar-refractivity contribution < 1.29 is 4.43 Å². The van der Waals surface area contributed by atoms with Crippen molar-refractivity contribution in [2.75, 3.05) is 0 Å². The number of rotatable bonds is 2. The Morgan fingerprint density at radius 3 is 1.77 bits per heavy atom. The standard InChI is InChI=1S/C20H24OSi/c1-20(2,3)22(4,5)21-19-15-13-18(14-16-19)12-11-17-9-7-6-8-10-17/h6-10,13-16H,1-5H3. The van der Waals surface area contributed by atoms with Crippen LogP contribution in [0.1, 0.15) is 31.9 Å². The van der Waals surface area contributed by atoms with E-state index >= 15 is 0 Å². The lowest BCUT2D eigenvalue weighted by Crippen LogP contribution is -2.43. The average molecular weight is 308 g/mol. The summed E-state index contributed by atoms with van der Waals surface area (Å²) >= 11 is 0. The molecule has 2 aromatic carbocycles. The van der Waals surface area contributed by atoms with Gasteiger partial charge in [0.05, 0.1) is 0 Å². The van der Waals surface area contributed by atoms with Gasteiger partial charge in [-0.2, -0.15) is 0 Å². The van der Waals surface area contributed by atoms with Crippen LogP contribution in [0.4, 0.5) is 0 Å². The fourth-order valence-corrected chi connectivity index (χ4v) is 2.75. The highest BCUT2D eigenvalue weighted by Crippen LogP contribution is 2.37. The molecule has 1 nitrogen and oxygen atoms in total. The van der Waals surface area contributed by atoms with Gasteiger partial charge in [-0.25, -0.2) is 0 Å². The molecule has 0 fully saturated rings. The van der Waals surface area contributed by atoms with Crippen molar-refractivity contribution in [1.29, 1.82) is 0 Å². The molecule has 114 valence electrons. The van der Waals surface area contributed by atoms with Crippen molar-refractivity contribution in [3.63, 3.8) is 0 Å². The summed E-state index contributed by atoms with van der Waals surface area (Å²) in [5.41, 5.74) is 2.04. The van der Waals surface area contributed by atoms with Gasteiger partial charge in [0.1, 0.15) is 5.75 Å². The zero-order valence-corrected chi connectivity index (χ0v) is 15.1. The van der Waals surface area contributed by atoms with Crippen LogP contribution in [0.5, 0.6) is 5.75 Å². The molecule has 0 bridgehead atoms. The van der Waals surface area contributed by atoms with Crippen LogP contribution >= 0.6 is 0 Å². The largest absolute Gasteiger partial charge is 0.544 e. The van der Waals surface area contributed by atoms with Gasteiger partial charge < -0.3 is 4.43 Å². The van der Waals surface area contributed by atoms with Gasteiger partial charge in [0.2, 0.25) is 8.32 Å². The lowest BCUT2D eigenvalue weighted by atomic mass is 10.2. The van der Waals surface area contributed by atoms with Crippen molar-refractivity contribution in [3.8, 4) is 17.6 Å². The number of hydrogen-bond acceptors (Lipinski definition) is 1. The Morgan fingerprint density at radius 2 is 1.27 bits per heavy atom. The van der Waals surface area contributed by atoms with Gasteiger partial charge >= 0.3 is 0 Å². The molecule has 0 amide bonds. The molecule has 2 rings (SSSR count). The zero-order chi connectivity index (χ0) is 16.2. The molecule has 0 N–H and O–H groups in total. The Hall–Kier alpha value is -1.98. The van der Waals surface area contributed by atoms with Crippen molar-refractivity contribution in [2.45, 2.75) is 38.9 Å². The molecule has 22 heavy (non-hydrogen) atoms. The van der Waals surface area contributed by atoms with Crippen molar-refractivity contribution in [2.24, 2.45) is 0 Å². The maximum absolute atomic E-state index is 6.27. The van der Waals surface area contributed by atoms with Crippen LogP contribution in [-0.2, 0) is 0 Å². The molecule has 0 saturated carbocycles. The van der Waals surface area contributed by atoms with Crippen LogP contribution in [0, 0.1) is 11.8 Å². The fourth-order valence-electron chi connectivity index (χ4n) is 1.72. The third kappa shape index (κ3) is 4.25. The van der Waals surface area contributed by atoms with E-state index in [0.29, 0.717) is 0 Å². The van der Waals surface area contributed by atoms with Gasteiger partial charge in [0.15, 0.2) is 0 Å². The second-order valence-electron chi connectivity index (χ2n) is 7.00. The monoisotopic (exact) mass is 308 g/mol. The normalized spacial score (nSPS) is 11.5. The molecule has 2 aromatic rings. The summed E-state index contributed by atoms with van der Waals surface area (Å²) in [6.45, 7) is 11.3. The predicted molar refractivity (Wildman–Crippen MR) is 96.7 cm³/mol. The summed E-state index contributed by atoms with van der Waals surface area (Å²) in [4.78, 5) is 0. The molecule has 0 radical (unpaired) electrons. The Bertz CT molecular complexity index is 668. The van der Waals surface area contributed by atoms with E-state index in [9.17, 15) is 0 Å². The Balaban J connectivity index is 2.10. The van der Waals surface area contributed by atoms with E-state index in [4.69, 9.17) is 4.43 Å². The summed E-state index contributed by atoms with van der Waals surface area (Å²) in [5.74, 6) is 7.30. The van der Waals surface area contributed by atoms with Crippen LogP contribution < -0.4 is 4.43 Å². The van der Waals surface area contributed by atoms with Crippen molar-refractivity contribution in [3.05, 3.63) is 65.7 Å². The summed E-state index contributed by atoms with van der Waals surface area (Å²) in [6.07, 6.45) is 0. The van der Waals surface area contributed by atoms with E-state index < -0.39 is 8.32 Å². The van der Waals surface area contributed by atoms with E-state index in [1.165, 1.54) is 0 Å². The second kappa shape index (κ2) is 6.42. The van der Waals surface area contributed by atoms with Crippen LogP contribution in [0.2, 0.25) is 18.1 Å². The average Bonchev–Trinajstić information content (AvgIpc) is 2.46. The van der Waals surface area contributed by atoms with Gasteiger partial charge in [0, 0.05) is 11.1 Å². The molecule has 0 aliphatic carbocycles. The molecule has 0 aliphatic heterocycles. The minimum absolute atomic E-state index is 0.207. The highest BCUT2D eigenvalue weighted by atomic mass is 28.4. The van der Waals surface area contributed by atoms with Gasteiger partial charge in [-0.05, 0) is 54.5 Å². The van der Waals surface area contributed by atoms with Crippen LogP contribution in [-0.4, -0.2) is 8.32 Å². The minimum atomic E-state index is -1.77. The van der Waals surface area contributed by atoms with E-state index in [1.807, 2.05) is 54.6 Å². The summed E-state index contributed by atoms with van der Waals surface area (Å²) in [7, 11) is -1.77. The first-order chi connectivity index (χ1) is 10.3. The van der Waals surface area contributed by atoms with Crippen LogP contribution in [0.15, 0.2) is 54.6 Å². The SMILES string of the molecule is CC(C)(C)[Si](C)(C)Oc1ccc(C#Cc2ccccc2)cc1. The molecule has 0 saturated heterocycles. The lowest BCUT2D eigenvalue weighted by molar-refractivity contribution is 0.492. The van der Waals surface area contributed by atoms with E-state index in [1.54, 1.807) is 0 Å². The maximum atomic E-state index is 6.27. The highest BCUT2D eigenvalue weighted by Gasteiger charge is 2.38. The maximum Gasteiger partial charge on any atom is 0.250 e. The first kappa shape index (κ1) is 16.4. The van der Waals surface area contributed by atoms with Gasteiger partial charge in [-0.15, -0.1) is 0 Å². The summed E-state index contributed by atoms with van der Waals surface area (Å²) < 4.78 is 6.27. The summed E-state index contributed by atoms with van der Waals surface area (Å²) in [5, 5.41) is 0.207. The molecule has 0 aliphatic rings. The molecular formula is C20H24OSi.